The zero-order valence-electron chi connectivity index (χ0n) is 7.58. The molecule has 8 heteroatoms. The van der Waals surface area contributed by atoms with Crippen LogP contribution in [0.15, 0.2) is 9.59 Å². The topological polar surface area (TPSA) is 132 Å². The number of aromatic amines is 2. The number of anilines is 1. The quantitative estimate of drug-likeness (QED) is 0.485. The average molecular weight is 213 g/mol. The van der Waals surface area contributed by atoms with Gasteiger partial charge in [-0.1, -0.05) is 0 Å². The van der Waals surface area contributed by atoms with Gasteiger partial charge in [-0.15, -0.1) is 0 Å². The van der Waals surface area contributed by atoms with Crippen LogP contribution in [0.3, 0.4) is 0 Å². The molecule has 0 radical (unpaired) electrons. The minimum atomic E-state index is -1.51. The average Bonchev–Trinajstić information content (AvgIpc) is 2.08. The van der Waals surface area contributed by atoms with Crippen LogP contribution in [-0.4, -0.2) is 27.0 Å². The number of aromatic nitrogens is 2. The Morgan fingerprint density at radius 2 is 1.87 bits per heavy atom. The van der Waals surface area contributed by atoms with E-state index < -0.39 is 34.5 Å². The van der Waals surface area contributed by atoms with Gasteiger partial charge in [-0.25, -0.2) is 9.59 Å². The number of nitrogens with one attached hydrogen (secondary N) is 3. The lowest BCUT2D eigenvalue weighted by Gasteiger charge is -2.03. The van der Waals surface area contributed by atoms with Crippen LogP contribution in [0.25, 0.3) is 0 Å². The molecule has 1 heterocycles. The third-order valence-electron chi connectivity index (χ3n) is 1.46. The fourth-order valence-corrected chi connectivity index (χ4v) is 0.942. The summed E-state index contributed by atoms with van der Waals surface area (Å²) in [6.07, 6.45) is 0. The van der Waals surface area contributed by atoms with Crippen LogP contribution >= 0.6 is 0 Å². The lowest BCUT2D eigenvalue weighted by Crippen LogP contribution is -2.30. The van der Waals surface area contributed by atoms with Crippen molar-refractivity contribution in [1.82, 2.24) is 9.97 Å². The van der Waals surface area contributed by atoms with Crippen LogP contribution in [0.2, 0.25) is 0 Å². The number of carbonyl (C=O) groups excluding carboxylic acids is 1. The van der Waals surface area contributed by atoms with Crippen molar-refractivity contribution in [3.05, 3.63) is 26.5 Å². The summed E-state index contributed by atoms with van der Waals surface area (Å²) in [7, 11) is 0. The molecule has 0 spiro atoms. The summed E-state index contributed by atoms with van der Waals surface area (Å²) >= 11 is 0. The molecule has 1 aromatic rings. The van der Waals surface area contributed by atoms with E-state index in [4.69, 9.17) is 5.11 Å². The van der Waals surface area contributed by atoms with Crippen molar-refractivity contribution >= 4 is 17.6 Å². The molecule has 0 saturated heterocycles. The second-order valence-electron chi connectivity index (χ2n) is 2.64. The largest absolute Gasteiger partial charge is 0.477 e. The molecule has 0 aromatic carbocycles. The number of carbonyl (C=O) groups is 2. The summed E-state index contributed by atoms with van der Waals surface area (Å²) in [5.74, 6) is -2.13. The summed E-state index contributed by atoms with van der Waals surface area (Å²) in [4.78, 5) is 46.9. The molecular weight excluding hydrogens is 206 g/mol. The molecular formula is C7H7N3O5. The SMILES string of the molecule is CC(=O)Nc1c(C(=O)O)[nH]c(=O)[nH]c1=O. The van der Waals surface area contributed by atoms with Crippen molar-refractivity contribution in [3.63, 3.8) is 0 Å². The Kier molecular flexibility index (Phi) is 2.70. The second kappa shape index (κ2) is 3.78. The highest BCUT2D eigenvalue weighted by Gasteiger charge is 2.16. The third-order valence-corrected chi connectivity index (χ3v) is 1.46. The predicted octanol–water partition coefficient (Wildman–Crippen LogP) is -1.28. The molecule has 4 N–H and O–H groups in total. The van der Waals surface area contributed by atoms with Crippen molar-refractivity contribution < 1.29 is 14.7 Å². The highest BCUT2D eigenvalue weighted by atomic mass is 16.4. The van der Waals surface area contributed by atoms with Crippen LogP contribution in [0, 0.1) is 0 Å². The third kappa shape index (κ3) is 2.30. The van der Waals surface area contributed by atoms with E-state index in [1.807, 2.05) is 10.3 Å². The summed E-state index contributed by atoms with van der Waals surface area (Å²) in [5, 5.41) is 10.7. The summed E-state index contributed by atoms with van der Waals surface area (Å²) in [5.41, 5.74) is -3.06. The number of carboxylic acids is 1. The normalized spacial score (nSPS) is 9.67. The maximum absolute atomic E-state index is 11.1. The van der Waals surface area contributed by atoms with E-state index in [2.05, 4.69) is 0 Å². The molecule has 0 bridgehead atoms. The van der Waals surface area contributed by atoms with Gasteiger partial charge in [-0.3, -0.25) is 19.6 Å². The maximum atomic E-state index is 11.1. The number of rotatable bonds is 2. The van der Waals surface area contributed by atoms with Crippen molar-refractivity contribution in [1.29, 1.82) is 0 Å². The number of hydrogen-bond donors (Lipinski definition) is 4. The number of aromatic carboxylic acids is 1. The molecule has 1 rings (SSSR count). The Bertz CT molecular complexity index is 526. The van der Waals surface area contributed by atoms with Crippen LogP contribution in [-0.2, 0) is 4.79 Å². The van der Waals surface area contributed by atoms with Gasteiger partial charge in [0.05, 0.1) is 0 Å². The number of hydrogen-bond acceptors (Lipinski definition) is 4. The van der Waals surface area contributed by atoms with E-state index in [0.717, 1.165) is 6.92 Å². The Morgan fingerprint density at radius 3 is 2.33 bits per heavy atom. The highest BCUT2D eigenvalue weighted by molar-refractivity contribution is 5.97. The number of amides is 1. The van der Waals surface area contributed by atoms with Gasteiger partial charge in [0.15, 0.2) is 5.69 Å². The molecule has 80 valence electrons. The van der Waals surface area contributed by atoms with E-state index in [0.29, 0.717) is 0 Å². The van der Waals surface area contributed by atoms with Crippen LogP contribution in [0.1, 0.15) is 17.4 Å². The monoisotopic (exact) mass is 213 g/mol. The zero-order valence-corrected chi connectivity index (χ0v) is 7.58. The van der Waals surface area contributed by atoms with Crippen LogP contribution < -0.4 is 16.6 Å². The van der Waals surface area contributed by atoms with E-state index in [1.54, 1.807) is 4.98 Å². The molecule has 15 heavy (non-hydrogen) atoms. The van der Waals surface area contributed by atoms with Crippen molar-refractivity contribution in [2.24, 2.45) is 0 Å². The Morgan fingerprint density at radius 1 is 1.27 bits per heavy atom. The van der Waals surface area contributed by atoms with E-state index >= 15 is 0 Å². The predicted molar refractivity (Wildman–Crippen MR) is 48.9 cm³/mol. The second-order valence-corrected chi connectivity index (χ2v) is 2.64. The van der Waals surface area contributed by atoms with Gasteiger partial charge in [0.1, 0.15) is 5.69 Å². The molecule has 0 fully saturated rings. The molecule has 0 aliphatic carbocycles. The van der Waals surface area contributed by atoms with Crippen molar-refractivity contribution in [2.45, 2.75) is 6.92 Å². The minimum absolute atomic E-state index is 0.491. The lowest BCUT2D eigenvalue weighted by atomic mass is 10.3. The fraction of sp³-hybridized carbons (Fsp3) is 0.143. The molecule has 0 saturated carbocycles. The van der Waals surface area contributed by atoms with Gasteiger partial charge >= 0.3 is 11.7 Å². The van der Waals surface area contributed by atoms with Crippen molar-refractivity contribution in [3.8, 4) is 0 Å². The summed E-state index contributed by atoms with van der Waals surface area (Å²) in [6.45, 7) is 1.11. The first-order valence-electron chi connectivity index (χ1n) is 3.79. The lowest BCUT2D eigenvalue weighted by molar-refractivity contribution is -0.114. The fourth-order valence-electron chi connectivity index (χ4n) is 0.942. The Balaban J connectivity index is 3.47. The van der Waals surface area contributed by atoms with Crippen LogP contribution in [0.4, 0.5) is 5.69 Å². The van der Waals surface area contributed by atoms with E-state index in [9.17, 15) is 19.2 Å². The van der Waals surface area contributed by atoms with Gasteiger partial charge in [-0.05, 0) is 0 Å². The smallest absolute Gasteiger partial charge is 0.354 e. The standard InChI is InChI=1S/C7H7N3O5/c1-2(11)8-3-4(6(13)14)9-7(15)10-5(3)12/h1H3,(H,8,11)(H,13,14)(H2,9,10,12,15). The summed E-state index contributed by atoms with van der Waals surface area (Å²) in [6, 6.07) is 0. The van der Waals surface area contributed by atoms with Gasteiger partial charge < -0.3 is 10.4 Å². The van der Waals surface area contributed by atoms with Crippen molar-refractivity contribution in [2.75, 3.05) is 5.32 Å². The zero-order chi connectivity index (χ0) is 11.6. The van der Waals surface area contributed by atoms with Gasteiger partial charge in [-0.2, -0.15) is 0 Å². The maximum Gasteiger partial charge on any atom is 0.354 e. The Labute approximate surface area is 82.0 Å². The molecule has 1 amide bonds. The van der Waals surface area contributed by atoms with Gasteiger partial charge in [0, 0.05) is 6.92 Å². The van der Waals surface area contributed by atoms with Gasteiger partial charge in [0.25, 0.3) is 5.56 Å². The molecule has 0 aliphatic heterocycles. The molecule has 8 nitrogen and oxygen atoms in total. The first-order chi connectivity index (χ1) is 6.91. The highest BCUT2D eigenvalue weighted by Crippen LogP contribution is 2.03. The molecule has 0 atom stereocenters. The first-order valence-corrected chi connectivity index (χ1v) is 3.79. The van der Waals surface area contributed by atoms with Crippen LogP contribution in [0.5, 0.6) is 0 Å². The minimum Gasteiger partial charge on any atom is -0.477 e. The van der Waals surface area contributed by atoms with E-state index in [-0.39, 0.29) is 0 Å². The molecule has 1 aromatic heterocycles. The number of H-pyrrole nitrogens is 2. The first kappa shape index (κ1) is 10.7. The number of carboxylic acid groups (broad SMARTS) is 1. The Hall–Kier alpha value is -2.38. The van der Waals surface area contributed by atoms with Gasteiger partial charge in [0.2, 0.25) is 5.91 Å². The molecule has 0 aliphatic rings. The summed E-state index contributed by atoms with van der Waals surface area (Å²) < 4.78 is 0. The van der Waals surface area contributed by atoms with E-state index in [1.165, 1.54) is 0 Å². The molecule has 0 unspecified atom stereocenters.